The summed E-state index contributed by atoms with van der Waals surface area (Å²) in [6, 6.07) is 24.4. The van der Waals surface area contributed by atoms with Crippen molar-refractivity contribution in [1.29, 1.82) is 0 Å². The fraction of sp³-hybridized carbons (Fsp3) is 0. The van der Waals surface area contributed by atoms with Gasteiger partial charge in [-0.1, -0.05) is 48.5 Å². The maximum atomic E-state index is 7.99. The van der Waals surface area contributed by atoms with Crippen LogP contribution in [0.15, 0.2) is 120 Å². The van der Waals surface area contributed by atoms with Crippen LogP contribution < -0.4 is 0 Å². The van der Waals surface area contributed by atoms with Gasteiger partial charge in [0.2, 0.25) is 0 Å². The average Bonchev–Trinajstić information content (AvgIpc) is 3.30. The van der Waals surface area contributed by atoms with E-state index in [1.165, 1.54) is 6.08 Å². The summed E-state index contributed by atoms with van der Waals surface area (Å²) >= 11 is 0. The average molecular weight is 599 g/mol. The third-order valence-corrected chi connectivity index (χ3v) is 3.97. The summed E-state index contributed by atoms with van der Waals surface area (Å²) in [5, 5.41) is 0.731. The van der Waals surface area contributed by atoms with Crippen LogP contribution in [0.3, 0.4) is 0 Å². The van der Waals surface area contributed by atoms with E-state index in [0.717, 1.165) is 5.39 Å². The van der Waals surface area contributed by atoms with Crippen LogP contribution in [0.1, 0.15) is 22.5 Å². The summed E-state index contributed by atoms with van der Waals surface area (Å²) in [5.41, 5.74) is 1.25. The topological polar surface area (TPSA) is 38.9 Å². The Hall–Kier alpha value is -3.59. The molecule has 3 heterocycles. The van der Waals surface area contributed by atoms with Crippen molar-refractivity contribution < 1.29 is 30.0 Å². The van der Waals surface area contributed by atoms with Crippen molar-refractivity contribution in [3.63, 3.8) is 0 Å². The van der Waals surface area contributed by atoms with Gasteiger partial charge in [0.15, 0.2) is 0 Å². The molecule has 0 unspecified atom stereocenters. The molecule has 5 rings (SSSR count). The molecule has 3 nitrogen and oxygen atoms in total. The summed E-state index contributed by atoms with van der Waals surface area (Å²) in [4.78, 5) is 7.69. The zero-order chi connectivity index (χ0) is 25.2. The van der Waals surface area contributed by atoms with Crippen LogP contribution in [-0.2, 0) is 20.1 Å². The van der Waals surface area contributed by atoms with Crippen LogP contribution in [0, 0.1) is 12.6 Å². The van der Waals surface area contributed by atoms with Crippen LogP contribution >= 0.6 is 0 Å². The molecule has 0 amide bonds. The zero-order valence-electron chi connectivity index (χ0n) is 21.1. The molecule has 0 bridgehead atoms. The molecule has 5 aromatic rings. The summed E-state index contributed by atoms with van der Waals surface area (Å²) in [7, 11) is 0. The van der Waals surface area contributed by atoms with Crippen LogP contribution in [0.25, 0.3) is 22.6 Å². The molecule has 1 radical (unpaired) electrons. The van der Waals surface area contributed by atoms with Gasteiger partial charge >= 0.3 is 0 Å². The van der Waals surface area contributed by atoms with E-state index in [2.05, 4.69) is 22.6 Å². The number of pyridine rings is 2. The molecule has 0 aliphatic carbocycles. The third kappa shape index (κ3) is 6.98. The predicted molar refractivity (Wildman–Crippen MR) is 127 cm³/mol. The van der Waals surface area contributed by atoms with E-state index in [1.54, 1.807) is 18.5 Å². The van der Waals surface area contributed by atoms with Crippen molar-refractivity contribution in [2.45, 2.75) is 0 Å². The van der Waals surface area contributed by atoms with Crippen LogP contribution in [-0.4, -0.2) is 9.97 Å². The Balaban J connectivity index is 0.000000287. The number of hydrogen-bond acceptors (Lipinski definition) is 3. The molecule has 161 valence electrons. The van der Waals surface area contributed by atoms with Gasteiger partial charge in [0.05, 0.1) is 11.2 Å². The number of furan rings is 1. The monoisotopic (exact) mass is 599 g/mol. The van der Waals surface area contributed by atoms with Crippen molar-refractivity contribution in [3.05, 3.63) is 146 Å². The molecule has 0 aliphatic rings. The summed E-state index contributed by atoms with van der Waals surface area (Å²) in [6.45, 7) is 9.89. The summed E-state index contributed by atoms with van der Waals surface area (Å²) < 4.78 is 36.7. The minimum Gasteiger partial charge on any atom is -0.470 e. The Morgan fingerprint density at radius 3 is 2.28 bits per heavy atom. The molecular weight excluding hydrogens is 573 g/mol. The second kappa shape index (κ2) is 13.7. The molecule has 0 saturated carbocycles. The van der Waals surface area contributed by atoms with E-state index < -0.39 is 12.2 Å². The van der Waals surface area contributed by atoms with Gasteiger partial charge in [-0.25, -0.2) is 6.58 Å². The zero-order valence-corrected chi connectivity index (χ0v) is 19.5. The minimum atomic E-state index is -0.396. The number of aromatic nitrogens is 2. The summed E-state index contributed by atoms with van der Waals surface area (Å²) in [5.74, 6) is 0.429. The minimum absolute atomic E-state index is 0. The fourth-order valence-corrected chi connectivity index (χ4v) is 2.62. The fourth-order valence-electron chi connectivity index (χ4n) is 2.62. The third-order valence-electron chi connectivity index (χ3n) is 3.97. The first kappa shape index (κ1) is 19.1. The molecule has 0 saturated heterocycles. The van der Waals surface area contributed by atoms with Crippen LogP contribution in [0.2, 0.25) is 0 Å². The van der Waals surface area contributed by atoms with E-state index in [9.17, 15) is 0 Å². The van der Waals surface area contributed by atoms with Gasteiger partial charge in [0.25, 0.3) is 0 Å². The van der Waals surface area contributed by atoms with E-state index in [-0.39, 0.29) is 43.5 Å². The Bertz CT molecular complexity index is 1340. The quantitative estimate of drug-likeness (QED) is 0.212. The summed E-state index contributed by atoms with van der Waals surface area (Å²) in [6.07, 6.45) is 4.62. The molecule has 2 aromatic carbocycles. The van der Waals surface area contributed by atoms with E-state index in [1.807, 2.05) is 66.7 Å². The van der Waals surface area contributed by atoms with Crippen molar-refractivity contribution in [2.24, 2.45) is 0 Å². The Morgan fingerprint density at radius 2 is 1.72 bits per heavy atom. The van der Waals surface area contributed by atoms with Crippen molar-refractivity contribution in [3.8, 4) is 0 Å². The van der Waals surface area contributed by atoms with Crippen molar-refractivity contribution >= 4 is 22.6 Å². The van der Waals surface area contributed by atoms with Gasteiger partial charge < -0.3 is 9.40 Å². The van der Waals surface area contributed by atoms with E-state index >= 15 is 0 Å². The Morgan fingerprint density at radius 1 is 1.00 bits per heavy atom. The molecule has 0 spiro atoms. The van der Waals surface area contributed by atoms with Crippen LogP contribution in [0.5, 0.6) is 0 Å². The maximum absolute atomic E-state index is 7.99. The van der Waals surface area contributed by atoms with Gasteiger partial charge in [0.1, 0.15) is 5.58 Å². The number of hydrogen-bond donors (Lipinski definition) is 0. The first-order valence-corrected chi connectivity index (χ1v) is 9.43. The first-order valence-electron chi connectivity index (χ1n) is 11.4. The van der Waals surface area contributed by atoms with Gasteiger partial charge in [0, 0.05) is 38.7 Å². The number of fused-ring (bicyclic) bond motifs is 1. The normalized spacial score (nSPS) is 11.0. The van der Waals surface area contributed by atoms with Gasteiger partial charge in [-0.15, -0.1) is 0 Å². The van der Waals surface area contributed by atoms with E-state index in [4.69, 9.17) is 16.5 Å². The first-order chi connectivity index (χ1) is 17.0. The molecule has 0 atom stereocenters. The number of para-hydroxylation sites is 1. The standard InChI is InChI=1S/C17H12NO.C6H5.C5H5N.Ir/c1-3-15-17(12(2)14-9-6-7-11-18-14)13-8-4-5-10-16(13)19-15;2*1-2-4-6-5-3-1;/h2-11H,1H2;2*1-5H;/q2*-1;;/i6D,7D,9D,11D;;;. The van der Waals surface area contributed by atoms with Gasteiger partial charge in [-0.3, -0.25) is 4.98 Å². The Labute approximate surface area is 208 Å². The van der Waals surface area contributed by atoms with Gasteiger partial charge in [-0.2, -0.15) is 42.0 Å². The van der Waals surface area contributed by atoms with Crippen molar-refractivity contribution in [1.82, 2.24) is 9.97 Å². The molecule has 3 aromatic heterocycles. The Kier molecular flexibility index (Phi) is 8.16. The van der Waals surface area contributed by atoms with Gasteiger partial charge in [-0.05, 0) is 41.4 Å². The number of benzene rings is 2. The number of rotatable bonds is 3. The largest absolute Gasteiger partial charge is 0.470 e. The molecule has 0 aliphatic heterocycles. The molecular formula is C28H22IrN2O-2. The SMILES string of the molecule is [2H]c1nc(C(=[CH-])c2c(C=C)oc3ccccc23)c([2H])c([2H])c1[2H].[Ir].[c-]1ccccc1.c1ccncc1. The molecule has 4 heteroatoms. The predicted octanol–water partition coefficient (Wildman–Crippen LogP) is 6.90. The molecule has 0 N–H and O–H groups in total. The van der Waals surface area contributed by atoms with Crippen LogP contribution in [0.4, 0.5) is 0 Å². The molecule has 32 heavy (non-hydrogen) atoms. The maximum Gasteiger partial charge on any atom is 0.121 e. The number of nitrogens with zero attached hydrogens (tertiary/aromatic N) is 2. The van der Waals surface area contributed by atoms with Crippen molar-refractivity contribution in [2.75, 3.05) is 0 Å². The van der Waals surface area contributed by atoms with E-state index in [0.29, 0.717) is 16.9 Å². The smallest absolute Gasteiger partial charge is 0.121 e. The second-order valence-corrected chi connectivity index (χ2v) is 6.00. The molecule has 0 fully saturated rings. The second-order valence-electron chi connectivity index (χ2n) is 6.00.